The number of carbonyl (C=O) groups excluding carboxylic acids is 2. The van der Waals surface area contributed by atoms with Crippen molar-refractivity contribution in [1.82, 2.24) is 4.90 Å². The second kappa shape index (κ2) is 8.99. The molecule has 34 heavy (non-hydrogen) atoms. The molecular weight excluding hydrogens is 434 g/mol. The molecule has 2 aromatic carbocycles. The summed E-state index contributed by atoms with van der Waals surface area (Å²) < 4.78 is 17.0. The monoisotopic (exact) mass is 461 g/mol. The molecule has 1 aromatic heterocycles. The van der Waals surface area contributed by atoms with Gasteiger partial charge in [-0.25, -0.2) is 0 Å². The summed E-state index contributed by atoms with van der Waals surface area (Å²) in [6, 6.07) is 11.1. The number of Topliss-reactive ketones (excluding diaryl/α,β-unsaturated/α-hetero) is 1. The minimum absolute atomic E-state index is 0.0929. The van der Waals surface area contributed by atoms with E-state index in [-0.39, 0.29) is 29.2 Å². The average Bonchev–Trinajstić information content (AvgIpc) is 3.38. The van der Waals surface area contributed by atoms with E-state index in [1.54, 1.807) is 19.1 Å². The van der Waals surface area contributed by atoms with E-state index in [9.17, 15) is 14.7 Å². The predicted molar refractivity (Wildman–Crippen MR) is 127 cm³/mol. The van der Waals surface area contributed by atoms with Gasteiger partial charge in [-0.1, -0.05) is 18.2 Å². The lowest BCUT2D eigenvalue weighted by Crippen LogP contribution is -2.36. The standard InChI is InChI=1S/C27H27NO6/c1-3-32-27(31)17-8-10-28(11-9-17)15-20-21(29)12-16(2)24-25(30)23(34-26(20)24)14-19-13-18-6-4-5-7-22(18)33-19/h4-7,12-14,17,29H,3,8-11,15H2,1-2H3/b23-14-. The van der Waals surface area contributed by atoms with Gasteiger partial charge in [0.1, 0.15) is 22.8 Å². The van der Waals surface area contributed by atoms with Crippen LogP contribution in [0.2, 0.25) is 0 Å². The molecule has 0 unspecified atom stereocenters. The van der Waals surface area contributed by atoms with Gasteiger partial charge in [-0.3, -0.25) is 14.5 Å². The largest absolute Gasteiger partial charge is 0.507 e. The van der Waals surface area contributed by atoms with E-state index in [1.807, 2.05) is 37.3 Å². The van der Waals surface area contributed by atoms with Crippen LogP contribution >= 0.6 is 0 Å². The highest BCUT2D eigenvalue weighted by atomic mass is 16.5. The Kier molecular flexibility index (Phi) is 5.87. The number of benzene rings is 2. The Hall–Kier alpha value is -3.58. The molecule has 2 aliphatic heterocycles. The van der Waals surface area contributed by atoms with Gasteiger partial charge in [0.25, 0.3) is 0 Å². The molecule has 0 radical (unpaired) electrons. The maximum atomic E-state index is 13.2. The van der Waals surface area contributed by atoms with Crippen LogP contribution in [-0.2, 0) is 16.1 Å². The highest BCUT2D eigenvalue weighted by molar-refractivity contribution is 6.15. The number of nitrogens with zero attached hydrogens (tertiary/aromatic N) is 1. The number of likely N-dealkylation sites (tertiary alicyclic amines) is 1. The van der Waals surface area contributed by atoms with Crippen molar-refractivity contribution in [3.8, 4) is 11.5 Å². The van der Waals surface area contributed by atoms with Gasteiger partial charge in [0.15, 0.2) is 5.76 Å². The van der Waals surface area contributed by atoms with Crippen LogP contribution in [0.1, 0.15) is 47.0 Å². The van der Waals surface area contributed by atoms with Crippen molar-refractivity contribution in [3.63, 3.8) is 0 Å². The number of hydrogen-bond acceptors (Lipinski definition) is 7. The molecule has 2 aliphatic rings. The molecule has 1 saturated heterocycles. The first-order valence-corrected chi connectivity index (χ1v) is 11.6. The van der Waals surface area contributed by atoms with Gasteiger partial charge in [0, 0.05) is 18.0 Å². The molecule has 0 aliphatic carbocycles. The van der Waals surface area contributed by atoms with E-state index < -0.39 is 0 Å². The van der Waals surface area contributed by atoms with Crippen molar-refractivity contribution >= 4 is 28.8 Å². The van der Waals surface area contributed by atoms with E-state index in [2.05, 4.69) is 4.90 Å². The molecule has 176 valence electrons. The summed E-state index contributed by atoms with van der Waals surface area (Å²) in [5.41, 5.74) is 2.45. The normalized spacial score (nSPS) is 17.8. The van der Waals surface area contributed by atoms with Gasteiger partial charge in [-0.15, -0.1) is 0 Å². The Morgan fingerprint density at radius 3 is 2.74 bits per heavy atom. The van der Waals surface area contributed by atoms with Crippen molar-refractivity contribution in [2.75, 3.05) is 19.7 Å². The first-order valence-electron chi connectivity index (χ1n) is 11.6. The fourth-order valence-electron chi connectivity index (χ4n) is 4.75. The van der Waals surface area contributed by atoms with Crippen LogP contribution in [-0.4, -0.2) is 41.5 Å². The first-order chi connectivity index (χ1) is 16.4. The molecule has 5 rings (SSSR count). The Labute approximate surface area is 197 Å². The van der Waals surface area contributed by atoms with Gasteiger partial charge in [0.05, 0.1) is 23.7 Å². The number of aromatic hydroxyl groups is 1. The van der Waals surface area contributed by atoms with E-state index in [1.165, 1.54) is 0 Å². The number of ether oxygens (including phenoxy) is 2. The zero-order valence-electron chi connectivity index (χ0n) is 19.3. The summed E-state index contributed by atoms with van der Waals surface area (Å²) in [5, 5.41) is 11.7. The van der Waals surface area contributed by atoms with Crippen LogP contribution in [0.25, 0.3) is 17.0 Å². The highest BCUT2D eigenvalue weighted by Gasteiger charge is 2.35. The smallest absolute Gasteiger partial charge is 0.309 e. The fourth-order valence-corrected chi connectivity index (χ4v) is 4.75. The molecular formula is C27H27NO6. The van der Waals surface area contributed by atoms with Gasteiger partial charge in [-0.2, -0.15) is 0 Å². The minimum atomic E-state index is -0.227. The molecule has 7 nitrogen and oxygen atoms in total. The third-order valence-corrected chi connectivity index (χ3v) is 6.53. The molecule has 7 heteroatoms. The number of hydrogen-bond donors (Lipinski definition) is 1. The summed E-state index contributed by atoms with van der Waals surface area (Å²) in [7, 11) is 0. The van der Waals surface area contributed by atoms with Crippen molar-refractivity contribution in [3.05, 3.63) is 64.6 Å². The molecule has 1 N–H and O–H groups in total. The van der Waals surface area contributed by atoms with E-state index in [0.717, 1.165) is 11.0 Å². The molecule has 1 fully saturated rings. The van der Waals surface area contributed by atoms with E-state index >= 15 is 0 Å². The molecule has 0 atom stereocenters. The SMILES string of the molecule is CCOC(=O)C1CCN(Cc2c(O)cc(C)c3c2O/C(=C\c2cc4ccccc4o2)C3=O)CC1. The van der Waals surface area contributed by atoms with Crippen molar-refractivity contribution in [2.45, 2.75) is 33.2 Å². The predicted octanol–water partition coefficient (Wildman–Crippen LogP) is 4.84. The van der Waals surface area contributed by atoms with Gasteiger partial charge in [0.2, 0.25) is 5.78 Å². The molecule has 3 heterocycles. The molecule has 0 bridgehead atoms. The average molecular weight is 462 g/mol. The lowest BCUT2D eigenvalue weighted by molar-refractivity contribution is -0.149. The van der Waals surface area contributed by atoms with Crippen LogP contribution < -0.4 is 4.74 Å². The Bertz CT molecular complexity index is 1260. The lowest BCUT2D eigenvalue weighted by atomic mass is 9.95. The second-order valence-electron chi connectivity index (χ2n) is 8.82. The number of ketones is 1. The summed E-state index contributed by atoms with van der Waals surface area (Å²) in [4.78, 5) is 27.4. The topological polar surface area (TPSA) is 89.2 Å². The van der Waals surface area contributed by atoms with Crippen molar-refractivity contribution in [1.29, 1.82) is 0 Å². The Balaban J connectivity index is 1.38. The number of aryl methyl sites for hydroxylation is 1. The maximum Gasteiger partial charge on any atom is 0.309 e. The highest BCUT2D eigenvalue weighted by Crippen LogP contribution is 2.42. The fraction of sp³-hybridized carbons (Fsp3) is 0.333. The molecule has 0 amide bonds. The van der Waals surface area contributed by atoms with Crippen molar-refractivity contribution < 1.29 is 28.6 Å². The first kappa shape index (κ1) is 22.2. The lowest BCUT2D eigenvalue weighted by Gasteiger charge is -2.31. The number of phenols is 1. The molecule has 3 aromatic rings. The number of piperidine rings is 1. The van der Waals surface area contributed by atoms with Gasteiger partial charge in [-0.05, 0) is 63.5 Å². The van der Waals surface area contributed by atoms with Crippen LogP contribution in [0.4, 0.5) is 0 Å². The van der Waals surface area contributed by atoms with Crippen molar-refractivity contribution in [2.24, 2.45) is 5.92 Å². The maximum absolute atomic E-state index is 13.2. The zero-order chi connectivity index (χ0) is 23.8. The third-order valence-electron chi connectivity index (χ3n) is 6.53. The number of esters is 1. The summed E-state index contributed by atoms with van der Waals surface area (Å²) in [6.07, 6.45) is 3.00. The zero-order valence-corrected chi connectivity index (χ0v) is 19.3. The number of carbonyl (C=O) groups is 2. The number of allylic oxidation sites excluding steroid dienone is 1. The van der Waals surface area contributed by atoms with Crippen LogP contribution in [0, 0.1) is 12.8 Å². The molecule has 0 spiro atoms. The summed E-state index contributed by atoms with van der Waals surface area (Å²) in [5.74, 6) is 0.737. The number of rotatable bonds is 5. The number of para-hydroxylation sites is 1. The summed E-state index contributed by atoms with van der Waals surface area (Å²) in [6.45, 7) is 5.81. The minimum Gasteiger partial charge on any atom is -0.507 e. The van der Waals surface area contributed by atoms with Crippen LogP contribution in [0.5, 0.6) is 11.5 Å². The third kappa shape index (κ3) is 4.07. The number of furan rings is 1. The summed E-state index contributed by atoms with van der Waals surface area (Å²) >= 11 is 0. The quantitative estimate of drug-likeness (QED) is 0.430. The number of fused-ring (bicyclic) bond motifs is 2. The van der Waals surface area contributed by atoms with Gasteiger partial charge < -0.3 is 19.0 Å². The Morgan fingerprint density at radius 1 is 1.24 bits per heavy atom. The van der Waals surface area contributed by atoms with Crippen LogP contribution in [0.15, 0.2) is 46.6 Å². The van der Waals surface area contributed by atoms with E-state index in [4.69, 9.17) is 13.9 Å². The van der Waals surface area contributed by atoms with Gasteiger partial charge >= 0.3 is 5.97 Å². The molecule has 0 saturated carbocycles. The van der Waals surface area contributed by atoms with E-state index in [0.29, 0.717) is 67.3 Å². The Morgan fingerprint density at radius 2 is 2.00 bits per heavy atom. The van der Waals surface area contributed by atoms with Crippen LogP contribution in [0.3, 0.4) is 0 Å². The second-order valence-corrected chi connectivity index (χ2v) is 8.82. The number of phenolic OH excluding ortho intramolecular Hbond substituents is 1.